The summed E-state index contributed by atoms with van der Waals surface area (Å²) in [7, 11) is 0. The van der Waals surface area contributed by atoms with E-state index in [2.05, 4.69) is 46.7 Å². The molecule has 0 spiro atoms. The zero-order valence-corrected chi connectivity index (χ0v) is 18.7. The van der Waals surface area contributed by atoms with Crippen LogP contribution in [0.15, 0.2) is 47.7 Å². The van der Waals surface area contributed by atoms with Gasteiger partial charge in [0, 0.05) is 32.0 Å². The van der Waals surface area contributed by atoms with Crippen molar-refractivity contribution in [3.63, 3.8) is 0 Å². The van der Waals surface area contributed by atoms with Crippen molar-refractivity contribution in [3.8, 4) is 5.75 Å². The standard InChI is InChI=1S/C20H31N5O.HI/c1-3-5-15-26-19-10-6-9-18(16-19)17-23-20(21-4-2)22-11-7-13-25-14-8-12-24-25;/h6,8-10,12,14,16H,3-5,7,11,13,15,17H2,1-2H3,(H2,21,22,23);1H. The lowest BCUT2D eigenvalue weighted by Crippen LogP contribution is -2.38. The Kier molecular flexibility index (Phi) is 12.3. The summed E-state index contributed by atoms with van der Waals surface area (Å²) in [4.78, 5) is 4.67. The zero-order valence-electron chi connectivity index (χ0n) is 16.4. The highest BCUT2D eigenvalue weighted by atomic mass is 127. The van der Waals surface area contributed by atoms with Crippen LogP contribution in [-0.4, -0.2) is 35.4 Å². The van der Waals surface area contributed by atoms with Gasteiger partial charge in [0.2, 0.25) is 0 Å². The maximum atomic E-state index is 5.77. The summed E-state index contributed by atoms with van der Waals surface area (Å²) in [6, 6.07) is 10.1. The molecule has 0 saturated heterocycles. The fourth-order valence-corrected chi connectivity index (χ4v) is 2.46. The molecule has 1 aromatic heterocycles. The third-order valence-corrected chi connectivity index (χ3v) is 3.84. The number of guanidine groups is 1. The smallest absolute Gasteiger partial charge is 0.191 e. The molecular formula is C20H32IN5O. The minimum atomic E-state index is 0. The van der Waals surface area contributed by atoms with Crippen LogP contribution in [0.25, 0.3) is 0 Å². The number of aliphatic imine (C=N–C) groups is 1. The van der Waals surface area contributed by atoms with Crippen molar-refractivity contribution in [2.24, 2.45) is 4.99 Å². The van der Waals surface area contributed by atoms with Gasteiger partial charge >= 0.3 is 0 Å². The van der Waals surface area contributed by atoms with E-state index in [1.54, 1.807) is 6.20 Å². The maximum absolute atomic E-state index is 5.77. The summed E-state index contributed by atoms with van der Waals surface area (Å²) in [5.41, 5.74) is 1.15. The summed E-state index contributed by atoms with van der Waals surface area (Å²) in [5, 5.41) is 10.9. The van der Waals surface area contributed by atoms with Gasteiger partial charge in [-0.3, -0.25) is 4.68 Å². The fourth-order valence-electron chi connectivity index (χ4n) is 2.46. The highest BCUT2D eigenvalue weighted by Gasteiger charge is 2.00. The summed E-state index contributed by atoms with van der Waals surface area (Å²) in [6.07, 6.45) is 7.00. The van der Waals surface area contributed by atoms with Gasteiger partial charge in [-0.25, -0.2) is 4.99 Å². The average molecular weight is 485 g/mol. The molecule has 2 rings (SSSR count). The third kappa shape index (κ3) is 9.65. The number of aromatic nitrogens is 2. The van der Waals surface area contributed by atoms with E-state index in [0.29, 0.717) is 6.54 Å². The molecule has 2 N–H and O–H groups in total. The van der Waals surface area contributed by atoms with Crippen molar-refractivity contribution < 1.29 is 4.74 Å². The van der Waals surface area contributed by atoms with E-state index < -0.39 is 0 Å². The Morgan fingerprint density at radius 1 is 1.19 bits per heavy atom. The van der Waals surface area contributed by atoms with Gasteiger partial charge in [-0.05, 0) is 43.5 Å². The zero-order chi connectivity index (χ0) is 18.5. The molecule has 27 heavy (non-hydrogen) atoms. The number of rotatable bonds is 11. The van der Waals surface area contributed by atoms with Crippen LogP contribution in [0.5, 0.6) is 5.75 Å². The number of hydrogen-bond donors (Lipinski definition) is 2. The van der Waals surface area contributed by atoms with Crippen LogP contribution >= 0.6 is 24.0 Å². The summed E-state index contributed by atoms with van der Waals surface area (Å²) in [5.74, 6) is 1.76. The molecule has 7 heteroatoms. The SMILES string of the molecule is CCCCOc1cccc(CN=C(NCC)NCCCn2cccn2)c1.I. The lowest BCUT2D eigenvalue weighted by Gasteiger charge is -2.12. The molecule has 0 bridgehead atoms. The molecule has 1 aromatic carbocycles. The number of unbranched alkanes of at least 4 members (excludes halogenated alkanes) is 1. The molecule has 0 unspecified atom stereocenters. The van der Waals surface area contributed by atoms with Crippen molar-refractivity contribution in [1.29, 1.82) is 0 Å². The van der Waals surface area contributed by atoms with Crippen LogP contribution in [0.3, 0.4) is 0 Å². The number of hydrogen-bond acceptors (Lipinski definition) is 3. The van der Waals surface area contributed by atoms with E-state index in [1.807, 2.05) is 29.1 Å². The van der Waals surface area contributed by atoms with E-state index in [9.17, 15) is 0 Å². The number of aryl methyl sites for hydroxylation is 1. The minimum absolute atomic E-state index is 0. The van der Waals surface area contributed by atoms with E-state index in [-0.39, 0.29) is 24.0 Å². The normalized spacial score (nSPS) is 11.0. The average Bonchev–Trinajstić information content (AvgIpc) is 3.17. The van der Waals surface area contributed by atoms with Crippen LogP contribution in [0, 0.1) is 0 Å². The Morgan fingerprint density at radius 3 is 2.81 bits per heavy atom. The van der Waals surface area contributed by atoms with Gasteiger partial charge < -0.3 is 15.4 Å². The lowest BCUT2D eigenvalue weighted by molar-refractivity contribution is 0.309. The van der Waals surface area contributed by atoms with Crippen LogP contribution in [0.2, 0.25) is 0 Å². The molecule has 1 heterocycles. The van der Waals surface area contributed by atoms with Gasteiger partial charge in [-0.2, -0.15) is 5.10 Å². The lowest BCUT2D eigenvalue weighted by atomic mass is 10.2. The molecule has 0 aliphatic rings. The first-order valence-electron chi connectivity index (χ1n) is 9.53. The predicted molar refractivity (Wildman–Crippen MR) is 122 cm³/mol. The van der Waals surface area contributed by atoms with E-state index >= 15 is 0 Å². The maximum Gasteiger partial charge on any atom is 0.191 e. The van der Waals surface area contributed by atoms with Crippen molar-refractivity contribution in [2.45, 2.75) is 46.2 Å². The molecule has 0 aliphatic heterocycles. The minimum Gasteiger partial charge on any atom is -0.494 e. The molecule has 150 valence electrons. The molecule has 0 fully saturated rings. The van der Waals surface area contributed by atoms with Gasteiger partial charge in [-0.1, -0.05) is 25.5 Å². The second-order valence-corrected chi connectivity index (χ2v) is 6.09. The molecule has 0 atom stereocenters. The highest BCUT2D eigenvalue weighted by molar-refractivity contribution is 14.0. The highest BCUT2D eigenvalue weighted by Crippen LogP contribution is 2.14. The molecule has 0 amide bonds. The Labute approximate surface area is 179 Å². The van der Waals surface area contributed by atoms with Crippen LogP contribution < -0.4 is 15.4 Å². The molecule has 0 aliphatic carbocycles. The van der Waals surface area contributed by atoms with E-state index in [0.717, 1.165) is 62.8 Å². The topological polar surface area (TPSA) is 63.5 Å². The summed E-state index contributed by atoms with van der Waals surface area (Å²) < 4.78 is 7.71. The number of benzene rings is 1. The van der Waals surface area contributed by atoms with Crippen LogP contribution in [-0.2, 0) is 13.1 Å². The first kappa shape index (κ1) is 23.3. The third-order valence-electron chi connectivity index (χ3n) is 3.84. The second kappa shape index (κ2) is 14.3. The molecule has 0 radical (unpaired) electrons. The van der Waals surface area contributed by atoms with Crippen LogP contribution in [0.1, 0.15) is 38.7 Å². The van der Waals surface area contributed by atoms with Crippen molar-refractivity contribution in [2.75, 3.05) is 19.7 Å². The van der Waals surface area contributed by atoms with E-state index in [4.69, 9.17) is 4.74 Å². The van der Waals surface area contributed by atoms with Gasteiger partial charge in [0.05, 0.1) is 13.2 Å². The number of ether oxygens (including phenoxy) is 1. The van der Waals surface area contributed by atoms with Gasteiger partial charge in [0.25, 0.3) is 0 Å². The molecule has 2 aromatic rings. The Hall–Kier alpha value is -1.77. The Morgan fingerprint density at radius 2 is 2.07 bits per heavy atom. The van der Waals surface area contributed by atoms with Crippen molar-refractivity contribution in [1.82, 2.24) is 20.4 Å². The quantitative estimate of drug-likeness (QED) is 0.220. The predicted octanol–water partition coefficient (Wildman–Crippen LogP) is 3.83. The van der Waals surface area contributed by atoms with E-state index in [1.165, 1.54) is 0 Å². The van der Waals surface area contributed by atoms with Crippen molar-refractivity contribution >= 4 is 29.9 Å². The Balaban J connectivity index is 0.00000364. The first-order valence-corrected chi connectivity index (χ1v) is 9.53. The fraction of sp³-hybridized carbons (Fsp3) is 0.500. The molecular weight excluding hydrogens is 453 g/mol. The second-order valence-electron chi connectivity index (χ2n) is 6.09. The first-order chi connectivity index (χ1) is 12.8. The largest absolute Gasteiger partial charge is 0.494 e. The van der Waals surface area contributed by atoms with Crippen molar-refractivity contribution in [3.05, 3.63) is 48.3 Å². The monoisotopic (exact) mass is 485 g/mol. The van der Waals surface area contributed by atoms with Gasteiger partial charge in [-0.15, -0.1) is 24.0 Å². The Bertz CT molecular complexity index is 646. The summed E-state index contributed by atoms with van der Waals surface area (Å²) >= 11 is 0. The van der Waals surface area contributed by atoms with Crippen LogP contribution in [0.4, 0.5) is 0 Å². The van der Waals surface area contributed by atoms with Gasteiger partial charge in [0.1, 0.15) is 5.75 Å². The number of nitrogens with one attached hydrogen (secondary N) is 2. The molecule has 0 saturated carbocycles. The molecule has 6 nitrogen and oxygen atoms in total. The summed E-state index contributed by atoms with van der Waals surface area (Å²) in [6.45, 7) is 8.22. The number of nitrogens with zero attached hydrogens (tertiary/aromatic N) is 3. The van der Waals surface area contributed by atoms with Gasteiger partial charge in [0.15, 0.2) is 5.96 Å². The number of halogens is 1.